The van der Waals surface area contributed by atoms with Crippen molar-refractivity contribution in [1.29, 1.82) is 0 Å². The van der Waals surface area contributed by atoms with E-state index in [1.165, 1.54) is 61.2 Å². The van der Waals surface area contributed by atoms with Gasteiger partial charge in [0.25, 0.3) is 0 Å². The van der Waals surface area contributed by atoms with Crippen LogP contribution < -0.4 is 16.4 Å². The number of benzene rings is 1. The summed E-state index contributed by atoms with van der Waals surface area (Å²) in [6.45, 7) is 0.273. The largest absolute Gasteiger partial charge is 0.367 e. The maximum Gasteiger partial charge on any atom is 0.248 e. The number of rotatable bonds is 10. The number of aromatic nitrogens is 4. The first-order valence-electron chi connectivity index (χ1n) is 16.2. The van der Waals surface area contributed by atoms with Gasteiger partial charge in [-0.2, -0.15) is 0 Å². The highest BCUT2D eigenvalue weighted by Gasteiger charge is 2.49. The van der Waals surface area contributed by atoms with Gasteiger partial charge in [0.05, 0.1) is 11.4 Å². The predicted molar refractivity (Wildman–Crippen MR) is 187 cm³/mol. The van der Waals surface area contributed by atoms with E-state index in [2.05, 4.69) is 46.5 Å². The van der Waals surface area contributed by atoms with Crippen molar-refractivity contribution in [3.8, 4) is 11.1 Å². The molecule has 4 heterocycles. The number of halogens is 7. The van der Waals surface area contributed by atoms with E-state index in [4.69, 9.17) is 5.73 Å². The Labute approximate surface area is 303 Å². The highest BCUT2D eigenvalue weighted by atomic mass is 79.9. The zero-order valence-electron chi connectivity index (χ0n) is 27.4. The second-order valence-corrected chi connectivity index (χ2v) is 13.8. The summed E-state index contributed by atoms with van der Waals surface area (Å²) in [5.74, 6) is -2.68. The lowest BCUT2D eigenvalue weighted by Crippen LogP contribution is -2.49. The van der Waals surface area contributed by atoms with E-state index in [1.807, 2.05) is 0 Å². The Bertz CT molecular complexity index is 2080. The van der Waals surface area contributed by atoms with Crippen molar-refractivity contribution in [1.82, 2.24) is 19.9 Å². The number of hydrogen-bond acceptors (Lipinski definition) is 7. The number of carbonyl (C=O) groups excluding carboxylic acids is 1. The third-order valence-electron chi connectivity index (χ3n) is 9.29. The summed E-state index contributed by atoms with van der Waals surface area (Å²) >= 11 is 3.13. The Morgan fingerprint density at radius 3 is 1.67 bits per heavy atom. The Kier molecular flexibility index (Phi) is 10.8. The summed E-state index contributed by atoms with van der Waals surface area (Å²) in [4.78, 5) is 27.5. The van der Waals surface area contributed by atoms with Crippen molar-refractivity contribution in [2.45, 2.75) is 48.9 Å². The maximum absolute atomic E-state index is 14.7. The van der Waals surface area contributed by atoms with Gasteiger partial charge in [0, 0.05) is 64.3 Å². The van der Waals surface area contributed by atoms with E-state index < -0.39 is 52.3 Å². The van der Waals surface area contributed by atoms with Gasteiger partial charge in [-0.3, -0.25) is 14.8 Å². The number of nitrogens with two attached hydrogens (primary N) is 1. The molecule has 2 saturated carbocycles. The lowest BCUT2D eigenvalue weighted by Gasteiger charge is -2.44. The molecule has 2 aliphatic rings. The first-order chi connectivity index (χ1) is 24.9. The molecule has 0 unspecified atom stereocenters. The molecule has 2 fully saturated rings. The smallest absolute Gasteiger partial charge is 0.248 e. The van der Waals surface area contributed by atoms with Crippen LogP contribution in [-0.4, -0.2) is 51.3 Å². The van der Waals surface area contributed by atoms with Crippen molar-refractivity contribution in [2.75, 3.05) is 23.7 Å². The van der Waals surface area contributed by atoms with E-state index in [-0.39, 0.29) is 61.8 Å². The van der Waals surface area contributed by atoms with Crippen LogP contribution in [0.15, 0.2) is 89.9 Å². The number of pyridine rings is 4. The molecule has 0 radical (unpaired) electrons. The second-order valence-electron chi connectivity index (χ2n) is 12.9. The predicted octanol–water partition coefficient (Wildman–Crippen LogP) is 8.00. The number of amides is 1. The SMILES string of the molecule is Fc1cc(Br)cnc1NCC1(c2ncccc2F)CC(F)C1.NC(=O)c1cccc(-c2cnc(NCC3(c4ncccc4F)CC(F)C3)c(F)c2)c1. The third kappa shape index (κ3) is 7.88. The molecule has 5 aromatic rings. The van der Waals surface area contributed by atoms with Gasteiger partial charge in [-0.05, 0) is 95.7 Å². The first kappa shape index (κ1) is 36.7. The summed E-state index contributed by atoms with van der Waals surface area (Å²) in [6, 6.07) is 14.6. The van der Waals surface area contributed by atoms with Crippen LogP contribution in [0.25, 0.3) is 11.1 Å². The van der Waals surface area contributed by atoms with Crippen molar-refractivity contribution >= 4 is 33.5 Å². The van der Waals surface area contributed by atoms with Crippen molar-refractivity contribution < 1.29 is 31.1 Å². The fourth-order valence-electron chi connectivity index (χ4n) is 6.60. The Morgan fingerprint density at radius 2 is 1.21 bits per heavy atom. The van der Waals surface area contributed by atoms with Gasteiger partial charge in [0.15, 0.2) is 23.3 Å². The van der Waals surface area contributed by atoms with Crippen LogP contribution in [0.5, 0.6) is 0 Å². The van der Waals surface area contributed by atoms with Crippen molar-refractivity contribution in [3.63, 3.8) is 0 Å². The summed E-state index contributed by atoms with van der Waals surface area (Å²) < 4.78 is 84.3. The van der Waals surface area contributed by atoms with Crippen LogP contribution in [0.2, 0.25) is 0 Å². The van der Waals surface area contributed by atoms with Gasteiger partial charge in [-0.15, -0.1) is 0 Å². The average Bonchev–Trinajstić information content (AvgIpc) is 3.09. The molecule has 52 heavy (non-hydrogen) atoms. The Balaban J connectivity index is 0.000000187. The lowest BCUT2D eigenvalue weighted by atomic mass is 9.65. The molecule has 270 valence electrons. The average molecular weight is 785 g/mol. The van der Waals surface area contributed by atoms with Gasteiger partial charge in [0.1, 0.15) is 24.0 Å². The van der Waals surface area contributed by atoms with Gasteiger partial charge in [0.2, 0.25) is 5.91 Å². The molecule has 4 N–H and O–H groups in total. The summed E-state index contributed by atoms with van der Waals surface area (Å²) in [7, 11) is 0. The molecule has 1 amide bonds. The van der Waals surface area contributed by atoms with Crippen LogP contribution in [0.1, 0.15) is 47.4 Å². The van der Waals surface area contributed by atoms with Crippen LogP contribution in [0.3, 0.4) is 0 Å². The fraction of sp³-hybridized carbons (Fsp3) is 0.270. The minimum atomic E-state index is -1.05. The normalized spacial score (nSPS) is 21.9. The third-order valence-corrected chi connectivity index (χ3v) is 9.72. The highest BCUT2D eigenvalue weighted by Crippen LogP contribution is 2.47. The van der Waals surface area contributed by atoms with Crippen molar-refractivity contribution in [2.24, 2.45) is 5.73 Å². The van der Waals surface area contributed by atoms with E-state index in [0.717, 1.165) is 0 Å². The fourth-order valence-corrected chi connectivity index (χ4v) is 6.90. The van der Waals surface area contributed by atoms with Crippen LogP contribution in [-0.2, 0) is 10.8 Å². The minimum Gasteiger partial charge on any atom is -0.367 e. The molecule has 15 heteroatoms. The molecule has 8 nitrogen and oxygen atoms in total. The molecule has 0 saturated heterocycles. The maximum atomic E-state index is 14.7. The van der Waals surface area contributed by atoms with E-state index in [9.17, 15) is 31.1 Å². The standard InChI is InChI=1S/C22H19F3N4O.C15H13BrF3N3/c23-16-9-22(10-16,19-17(24)5-2-6-27-19)12-29-21-18(25)8-15(11-28-21)13-3-1-4-14(7-13)20(26)30;16-9-4-12(19)14(21-7-9)22-8-15(5-10(17)6-15)13-11(18)2-1-3-20-13/h1-8,11,16H,9-10,12H2,(H2,26,30)(H,28,29);1-4,7,10H,5-6,8H2,(H,21,22). The zero-order chi connectivity index (χ0) is 37.0. The lowest BCUT2D eigenvalue weighted by molar-refractivity contribution is 0.0960. The van der Waals surface area contributed by atoms with Gasteiger partial charge in [-0.1, -0.05) is 12.1 Å². The highest BCUT2D eigenvalue weighted by molar-refractivity contribution is 9.10. The molecular formula is C37H32BrF6N7O. The van der Waals surface area contributed by atoms with Crippen LogP contribution in [0, 0.1) is 23.3 Å². The summed E-state index contributed by atoms with van der Waals surface area (Å²) in [5.41, 5.74) is 5.42. The Hall–Kier alpha value is -5.05. The van der Waals surface area contributed by atoms with E-state index in [1.54, 1.807) is 24.3 Å². The minimum absolute atomic E-state index is 0.0252. The monoisotopic (exact) mass is 783 g/mol. The van der Waals surface area contributed by atoms with Crippen molar-refractivity contribution in [3.05, 3.63) is 130 Å². The molecule has 0 atom stereocenters. The molecular weight excluding hydrogens is 752 g/mol. The molecule has 4 aromatic heterocycles. The second kappa shape index (κ2) is 15.3. The van der Waals surface area contributed by atoms with Crippen LogP contribution >= 0.6 is 15.9 Å². The molecule has 1 aromatic carbocycles. The summed E-state index contributed by atoms with van der Waals surface area (Å²) in [6.07, 6.45) is 4.33. The molecule has 7 rings (SSSR count). The number of carbonyl (C=O) groups is 1. The quantitative estimate of drug-likeness (QED) is 0.123. The van der Waals surface area contributed by atoms with Gasteiger partial charge < -0.3 is 16.4 Å². The van der Waals surface area contributed by atoms with E-state index >= 15 is 0 Å². The molecule has 0 spiro atoms. The summed E-state index contributed by atoms with van der Waals surface area (Å²) in [5, 5.41) is 5.73. The van der Waals surface area contributed by atoms with Gasteiger partial charge >= 0.3 is 0 Å². The number of anilines is 2. The number of nitrogens with one attached hydrogen (secondary N) is 2. The number of primary amides is 1. The number of alkyl halides is 2. The topological polar surface area (TPSA) is 119 Å². The van der Waals surface area contributed by atoms with Gasteiger partial charge in [-0.25, -0.2) is 36.3 Å². The van der Waals surface area contributed by atoms with E-state index in [0.29, 0.717) is 21.2 Å². The zero-order valence-corrected chi connectivity index (χ0v) is 29.0. The molecule has 0 aliphatic heterocycles. The van der Waals surface area contributed by atoms with Crippen LogP contribution in [0.4, 0.5) is 38.0 Å². The first-order valence-corrected chi connectivity index (χ1v) is 17.0. The number of hydrogen-bond donors (Lipinski definition) is 3. The molecule has 0 bridgehead atoms. The molecule has 2 aliphatic carbocycles. The Morgan fingerprint density at radius 1 is 0.692 bits per heavy atom. The number of nitrogens with zero attached hydrogens (tertiary/aromatic N) is 4.